The summed E-state index contributed by atoms with van der Waals surface area (Å²) in [5.41, 5.74) is 8.25. The van der Waals surface area contributed by atoms with E-state index in [1.165, 1.54) is 6.42 Å². The van der Waals surface area contributed by atoms with Crippen LogP contribution in [0.2, 0.25) is 0 Å². The number of aromatic nitrogens is 2. The highest BCUT2D eigenvalue weighted by Gasteiger charge is 2.20. The van der Waals surface area contributed by atoms with Gasteiger partial charge in [-0.05, 0) is 74.5 Å². The number of rotatable bonds is 14. The third kappa shape index (κ3) is 6.65. The normalized spacial score (nSPS) is 13.2. The van der Waals surface area contributed by atoms with Crippen LogP contribution in [0.5, 0.6) is 5.75 Å². The third-order valence-corrected chi connectivity index (χ3v) is 7.15. The Kier molecular flexibility index (Phi) is 9.01. The van der Waals surface area contributed by atoms with Gasteiger partial charge in [0.2, 0.25) is 5.91 Å². The number of pyridine rings is 2. The SMILES string of the molecule is N#Cc1cc(CNCCCCOCCNc2nc3cc(C(N)=O)ccc3c3cnccc23)ccc1OC1CCC1. The Labute approximate surface area is 233 Å². The topological polar surface area (TPSA) is 135 Å². The molecule has 0 atom stereocenters. The molecule has 2 heterocycles. The van der Waals surface area contributed by atoms with Crippen molar-refractivity contribution in [1.29, 1.82) is 5.26 Å². The van der Waals surface area contributed by atoms with E-state index in [4.69, 9.17) is 20.2 Å². The molecule has 0 unspecified atom stereocenters. The van der Waals surface area contributed by atoms with Crippen molar-refractivity contribution in [3.63, 3.8) is 0 Å². The first-order valence-corrected chi connectivity index (χ1v) is 13.8. The molecule has 0 aliphatic heterocycles. The lowest BCUT2D eigenvalue weighted by molar-refractivity contribution is 0.100. The lowest BCUT2D eigenvalue weighted by Crippen LogP contribution is -2.25. The number of amides is 1. The molecular formula is C31H34N6O3. The molecule has 2 aromatic carbocycles. The molecular weight excluding hydrogens is 504 g/mol. The molecule has 1 aliphatic rings. The zero-order chi connectivity index (χ0) is 27.7. The van der Waals surface area contributed by atoms with Crippen LogP contribution in [0.15, 0.2) is 54.9 Å². The quantitative estimate of drug-likeness (QED) is 0.156. The number of fused-ring (bicyclic) bond motifs is 3. The van der Waals surface area contributed by atoms with Gasteiger partial charge in [0.25, 0.3) is 0 Å². The maximum absolute atomic E-state index is 11.6. The highest BCUT2D eigenvalue weighted by atomic mass is 16.5. The predicted octanol–water partition coefficient (Wildman–Crippen LogP) is 4.68. The van der Waals surface area contributed by atoms with Gasteiger partial charge in [0, 0.05) is 53.8 Å². The van der Waals surface area contributed by atoms with Gasteiger partial charge in [0.15, 0.2) is 0 Å². The molecule has 0 spiro atoms. The number of hydrogen-bond acceptors (Lipinski definition) is 8. The minimum atomic E-state index is -0.482. The molecule has 4 N–H and O–H groups in total. The second-order valence-electron chi connectivity index (χ2n) is 10.0. The summed E-state index contributed by atoms with van der Waals surface area (Å²) in [4.78, 5) is 20.6. The average molecular weight is 539 g/mol. The summed E-state index contributed by atoms with van der Waals surface area (Å²) >= 11 is 0. The zero-order valence-corrected chi connectivity index (χ0v) is 22.5. The van der Waals surface area contributed by atoms with Crippen molar-refractivity contribution in [2.24, 2.45) is 5.73 Å². The van der Waals surface area contributed by atoms with Crippen molar-refractivity contribution in [1.82, 2.24) is 15.3 Å². The van der Waals surface area contributed by atoms with Crippen LogP contribution in [0.3, 0.4) is 0 Å². The first kappa shape index (κ1) is 27.3. The van der Waals surface area contributed by atoms with Crippen molar-refractivity contribution < 1.29 is 14.3 Å². The fourth-order valence-corrected chi connectivity index (χ4v) is 4.71. The molecule has 0 radical (unpaired) electrons. The van der Waals surface area contributed by atoms with Gasteiger partial charge >= 0.3 is 0 Å². The highest BCUT2D eigenvalue weighted by molar-refractivity contribution is 6.11. The van der Waals surface area contributed by atoms with Crippen molar-refractivity contribution in [3.8, 4) is 11.8 Å². The Hall–Kier alpha value is -4.26. The molecule has 4 aromatic rings. The van der Waals surface area contributed by atoms with E-state index in [1.807, 2.05) is 30.3 Å². The number of primary amides is 1. The van der Waals surface area contributed by atoms with Gasteiger partial charge in [-0.1, -0.05) is 12.1 Å². The number of nitrogens with zero attached hydrogens (tertiary/aromatic N) is 3. The molecule has 40 heavy (non-hydrogen) atoms. The van der Waals surface area contributed by atoms with E-state index in [0.29, 0.717) is 48.7 Å². The Bertz CT molecular complexity index is 1530. The van der Waals surface area contributed by atoms with Crippen LogP contribution < -0.4 is 21.1 Å². The standard InChI is InChI=1S/C31H34N6O3/c32-18-23-16-21(6-9-29(23)40-24-4-3-5-24)19-34-11-1-2-14-39-15-13-36-31-26-10-12-35-20-27(26)25-8-7-22(30(33)38)17-28(25)37-31/h6-10,12,16-17,20,24,34H,1-5,11,13-15,19H2,(H2,33,38)(H,36,37). The number of nitriles is 1. The first-order valence-electron chi connectivity index (χ1n) is 13.8. The van der Waals surface area contributed by atoms with Gasteiger partial charge in [-0.3, -0.25) is 9.78 Å². The van der Waals surface area contributed by atoms with E-state index in [0.717, 1.165) is 59.8 Å². The molecule has 9 nitrogen and oxygen atoms in total. The number of benzene rings is 2. The van der Waals surface area contributed by atoms with Gasteiger partial charge < -0.3 is 25.8 Å². The number of anilines is 1. The molecule has 1 saturated carbocycles. The molecule has 0 saturated heterocycles. The number of nitrogens with one attached hydrogen (secondary N) is 2. The van der Waals surface area contributed by atoms with Crippen LogP contribution in [0.1, 0.15) is 53.6 Å². The van der Waals surface area contributed by atoms with E-state index >= 15 is 0 Å². The zero-order valence-electron chi connectivity index (χ0n) is 22.5. The van der Waals surface area contributed by atoms with Crippen molar-refractivity contribution in [2.75, 3.05) is 31.6 Å². The van der Waals surface area contributed by atoms with Crippen LogP contribution >= 0.6 is 0 Å². The van der Waals surface area contributed by atoms with Gasteiger partial charge in [-0.25, -0.2) is 4.98 Å². The molecule has 1 fully saturated rings. The molecule has 1 amide bonds. The minimum absolute atomic E-state index is 0.264. The van der Waals surface area contributed by atoms with Crippen LogP contribution in [-0.4, -0.2) is 48.3 Å². The van der Waals surface area contributed by atoms with Crippen molar-refractivity contribution >= 4 is 33.4 Å². The van der Waals surface area contributed by atoms with E-state index in [1.54, 1.807) is 24.5 Å². The maximum Gasteiger partial charge on any atom is 0.248 e. The molecule has 206 valence electrons. The summed E-state index contributed by atoms with van der Waals surface area (Å²) < 4.78 is 11.7. The number of carbonyl (C=O) groups excluding carboxylic acids is 1. The second kappa shape index (κ2) is 13.2. The summed E-state index contributed by atoms with van der Waals surface area (Å²) in [6, 6.07) is 15.3. The number of hydrogen-bond donors (Lipinski definition) is 3. The molecule has 0 bridgehead atoms. The Balaban J connectivity index is 1.02. The summed E-state index contributed by atoms with van der Waals surface area (Å²) in [7, 11) is 0. The largest absolute Gasteiger partial charge is 0.489 e. The average Bonchev–Trinajstić information content (AvgIpc) is 2.95. The minimum Gasteiger partial charge on any atom is -0.489 e. The summed E-state index contributed by atoms with van der Waals surface area (Å²) in [6.45, 7) is 3.41. The number of ether oxygens (including phenoxy) is 2. The fraction of sp³-hybridized carbons (Fsp3) is 0.355. The lowest BCUT2D eigenvalue weighted by atomic mass is 9.96. The van der Waals surface area contributed by atoms with Crippen LogP contribution in [0.4, 0.5) is 5.82 Å². The molecule has 2 aromatic heterocycles. The summed E-state index contributed by atoms with van der Waals surface area (Å²) in [5.74, 6) is 0.937. The molecule has 9 heteroatoms. The summed E-state index contributed by atoms with van der Waals surface area (Å²) in [5, 5.41) is 19.1. The highest BCUT2D eigenvalue weighted by Crippen LogP contribution is 2.30. The number of unbranched alkanes of at least 4 members (excludes halogenated alkanes) is 1. The van der Waals surface area contributed by atoms with Gasteiger partial charge in [-0.15, -0.1) is 0 Å². The van der Waals surface area contributed by atoms with Gasteiger partial charge in [0.1, 0.15) is 17.6 Å². The second-order valence-corrected chi connectivity index (χ2v) is 10.0. The monoisotopic (exact) mass is 538 g/mol. The predicted molar refractivity (Wildman–Crippen MR) is 155 cm³/mol. The van der Waals surface area contributed by atoms with Crippen LogP contribution in [0, 0.1) is 11.3 Å². The Morgan fingerprint density at radius 1 is 1.05 bits per heavy atom. The fourth-order valence-electron chi connectivity index (χ4n) is 4.71. The van der Waals surface area contributed by atoms with Crippen LogP contribution in [-0.2, 0) is 11.3 Å². The van der Waals surface area contributed by atoms with Gasteiger partial charge in [-0.2, -0.15) is 5.26 Å². The van der Waals surface area contributed by atoms with Crippen LogP contribution in [0.25, 0.3) is 21.7 Å². The summed E-state index contributed by atoms with van der Waals surface area (Å²) in [6.07, 6.45) is 9.11. The maximum atomic E-state index is 11.6. The molecule has 5 rings (SSSR count). The van der Waals surface area contributed by atoms with E-state index in [-0.39, 0.29) is 6.10 Å². The Morgan fingerprint density at radius 3 is 2.75 bits per heavy atom. The number of carbonyl (C=O) groups is 1. The van der Waals surface area contributed by atoms with E-state index in [2.05, 4.69) is 21.7 Å². The smallest absolute Gasteiger partial charge is 0.248 e. The van der Waals surface area contributed by atoms with Crippen molar-refractivity contribution in [2.45, 2.75) is 44.8 Å². The lowest BCUT2D eigenvalue weighted by Gasteiger charge is -2.26. The first-order chi connectivity index (χ1) is 19.6. The van der Waals surface area contributed by atoms with E-state index in [9.17, 15) is 10.1 Å². The Morgan fingerprint density at radius 2 is 1.95 bits per heavy atom. The van der Waals surface area contributed by atoms with E-state index < -0.39 is 5.91 Å². The van der Waals surface area contributed by atoms with Crippen molar-refractivity contribution in [3.05, 3.63) is 71.5 Å². The molecule has 1 aliphatic carbocycles. The third-order valence-electron chi connectivity index (χ3n) is 7.15. The number of nitrogens with two attached hydrogens (primary N) is 1. The van der Waals surface area contributed by atoms with Gasteiger partial charge in [0.05, 0.1) is 23.8 Å².